The van der Waals surface area contributed by atoms with E-state index in [1.54, 1.807) is 0 Å². The van der Waals surface area contributed by atoms with Gasteiger partial charge in [-0.15, -0.1) is 0 Å². The van der Waals surface area contributed by atoms with Crippen LogP contribution in [0.5, 0.6) is 0 Å². The summed E-state index contributed by atoms with van der Waals surface area (Å²) in [6.07, 6.45) is 38.2. The summed E-state index contributed by atoms with van der Waals surface area (Å²) >= 11 is 0. The summed E-state index contributed by atoms with van der Waals surface area (Å²) in [4.78, 5) is 23.2. The van der Waals surface area contributed by atoms with Crippen molar-refractivity contribution in [1.29, 1.82) is 0 Å². The summed E-state index contributed by atoms with van der Waals surface area (Å²) < 4.78 is 5.63. The quantitative estimate of drug-likeness (QED) is 0.0487. The predicted octanol–water partition coefficient (Wildman–Crippen LogP) is 11.8. The van der Waals surface area contributed by atoms with Crippen LogP contribution < -0.4 is 0 Å². The van der Waals surface area contributed by atoms with E-state index in [1.165, 1.54) is 154 Å². The molecule has 0 rings (SSSR count). The maximum atomic E-state index is 12.2. The lowest BCUT2D eigenvalue weighted by Gasteiger charge is -2.15. The second-order valence-electron chi connectivity index (χ2n) is 11.9. The third-order valence-electron chi connectivity index (χ3n) is 8.02. The van der Waals surface area contributed by atoms with Gasteiger partial charge in [0.25, 0.3) is 0 Å². The van der Waals surface area contributed by atoms with E-state index in [-0.39, 0.29) is 12.1 Å². The Morgan fingerprint density at radius 3 is 1.16 bits per heavy atom. The second kappa shape index (κ2) is 32.4. The van der Waals surface area contributed by atoms with Gasteiger partial charge in [-0.2, -0.15) is 0 Å². The molecule has 0 N–H and O–H groups in total. The van der Waals surface area contributed by atoms with Crippen molar-refractivity contribution < 1.29 is 14.3 Å². The molecule has 0 amide bonds. The fourth-order valence-corrected chi connectivity index (χ4v) is 5.43. The van der Waals surface area contributed by atoms with Gasteiger partial charge in [-0.3, -0.25) is 4.79 Å². The van der Waals surface area contributed by atoms with Gasteiger partial charge in [0.15, 0.2) is 0 Å². The maximum Gasteiger partial charge on any atom is 0.306 e. The smallest absolute Gasteiger partial charge is 0.306 e. The maximum absolute atomic E-state index is 12.2. The molecule has 1 atom stereocenters. The number of unbranched alkanes of at least 4 members (excludes halogenated alkanes) is 25. The second-order valence-corrected chi connectivity index (χ2v) is 11.9. The van der Waals surface area contributed by atoms with E-state index in [9.17, 15) is 9.59 Å². The molecule has 0 radical (unpaired) electrons. The Balaban J connectivity index is 3.46. The number of carbonyl (C=O) groups is 2. The van der Waals surface area contributed by atoms with Gasteiger partial charge in [0, 0.05) is 12.8 Å². The number of carbonyl (C=O) groups excluding carboxylic acids is 2. The van der Waals surface area contributed by atoms with Gasteiger partial charge in [-0.1, -0.05) is 174 Å². The van der Waals surface area contributed by atoms with Crippen molar-refractivity contribution in [1.82, 2.24) is 0 Å². The van der Waals surface area contributed by atoms with E-state index < -0.39 is 0 Å². The van der Waals surface area contributed by atoms with Crippen molar-refractivity contribution in [2.24, 2.45) is 0 Å². The highest BCUT2D eigenvalue weighted by Crippen LogP contribution is 2.16. The summed E-state index contributed by atoms with van der Waals surface area (Å²) in [6, 6.07) is 0. The molecule has 3 heteroatoms. The highest BCUT2D eigenvalue weighted by molar-refractivity contribution is 5.69. The zero-order valence-corrected chi connectivity index (χ0v) is 26.1. The minimum atomic E-state index is -0.208. The molecular formula is C35H68O3. The van der Waals surface area contributed by atoms with Crippen molar-refractivity contribution in [2.45, 2.75) is 213 Å². The molecule has 3 nitrogen and oxygen atoms in total. The van der Waals surface area contributed by atoms with Crippen molar-refractivity contribution in [3.05, 3.63) is 0 Å². The van der Waals surface area contributed by atoms with Crippen LogP contribution in [0.25, 0.3) is 0 Å². The third-order valence-corrected chi connectivity index (χ3v) is 8.02. The molecule has 0 aromatic heterocycles. The molecule has 0 aliphatic heterocycles. The first-order valence-corrected chi connectivity index (χ1v) is 17.4. The van der Waals surface area contributed by atoms with E-state index >= 15 is 0 Å². The monoisotopic (exact) mass is 537 g/mol. The number of hydrogen-bond donors (Lipinski definition) is 0. The Morgan fingerprint density at radius 1 is 0.500 bits per heavy atom. The van der Waals surface area contributed by atoms with Gasteiger partial charge in [0.05, 0.1) is 0 Å². The van der Waals surface area contributed by atoms with Crippen LogP contribution in [0.1, 0.15) is 206 Å². The minimum absolute atomic E-state index is 0.107. The van der Waals surface area contributed by atoms with Crippen LogP contribution >= 0.6 is 0 Å². The van der Waals surface area contributed by atoms with E-state index in [0.29, 0.717) is 12.8 Å². The molecule has 0 saturated heterocycles. The van der Waals surface area contributed by atoms with Crippen LogP contribution in [-0.4, -0.2) is 18.4 Å². The lowest BCUT2D eigenvalue weighted by Crippen LogP contribution is -2.18. The summed E-state index contributed by atoms with van der Waals surface area (Å²) in [7, 11) is 0. The number of hydrogen-bond acceptors (Lipinski definition) is 3. The molecule has 0 aliphatic rings. The largest absolute Gasteiger partial charge is 0.462 e. The van der Waals surface area contributed by atoms with Crippen LogP contribution in [-0.2, 0) is 14.3 Å². The molecule has 0 fully saturated rings. The van der Waals surface area contributed by atoms with E-state index in [2.05, 4.69) is 13.8 Å². The van der Waals surface area contributed by atoms with Crippen LogP contribution in [0.4, 0.5) is 0 Å². The first-order chi connectivity index (χ1) is 18.7. The Labute approximate surface area is 239 Å². The highest BCUT2D eigenvalue weighted by Gasteiger charge is 2.13. The molecule has 0 saturated carbocycles. The lowest BCUT2D eigenvalue weighted by atomic mass is 10.0. The summed E-state index contributed by atoms with van der Waals surface area (Å²) in [6.45, 7) is 4.54. The van der Waals surface area contributed by atoms with E-state index in [0.717, 1.165) is 32.0 Å². The summed E-state index contributed by atoms with van der Waals surface area (Å²) in [5, 5.41) is 0. The standard InChI is InChI=1S/C35H68O3/c1-3-5-7-9-11-13-14-15-16-17-18-19-20-21-23-25-27-29-31-35(37)38-34(32-33-36)30-28-26-24-22-12-10-8-6-4-2/h33-34H,3-32H2,1-2H3. The van der Waals surface area contributed by atoms with Crippen molar-refractivity contribution in [2.75, 3.05) is 0 Å². The molecule has 0 spiro atoms. The molecule has 226 valence electrons. The molecule has 0 heterocycles. The van der Waals surface area contributed by atoms with Crippen molar-refractivity contribution >= 4 is 12.3 Å². The summed E-state index contributed by atoms with van der Waals surface area (Å²) in [5.74, 6) is -0.107. The summed E-state index contributed by atoms with van der Waals surface area (Å²) in [5.41, 5.74) is 0. The average molecular weight is 537 g/mol. The van der Waals surface area contributed by atoms with Gasteiger partial charge >= 0.3 is 5.97 Å². The zero-order valence-electron chi connectivity index (χ0n) is 26.1. The van der Waals surface area contributed by atoms with Crippen LogP contribution in [0.3, 0.4) is 0 Å². The SMILES string of the molecule is CCCCCCCCCCCCCCCCCCCCC(=O)OC(CC=O)CCCCCCCCCCC. The third kappa shape index (κ3) is 29.7. The Morgan fingerprint density at radius 2 is 0.816 bits per heavy atom. The minimum Gasteiger partial charge on any atom is -0.462 e. The number of aldehydes is 1. The molecule has 1 unspecified atom stereocenters. The molecule has 0 aromatic rings. The van der Waals surface area contributed by atoms with Gasteiger partial charge in [0.2, 0.25) is 0 Å². The van der Waals surface area contributed by atoms with E-state index in [1.807, 2.05) is 0 Å². The first kappa shape index (κ1) is 37.1. The van der Waals surface area contributed by atoms with Gasteiger partial charge < -0.3 is 9.53 Å². The normalized spacial score (nSPS) is 12.1. The molecule has 38 heavy (non-hydrogen) atoms. The van der Waals surface area contributed by atoms with E-state index in [4.69, 9.17) is 4.74 Å². The van der Waals surface area contributed by atoms with Gasteiger partial charge in [-0.25, -0.2) is 0 Å². The topological polar surface area (TPSA) is 43.4 Å². The van der Waals surface area contributed by atoms with Crippen molar-refractivity contribution in [3.8, 4) is 0 Å². The number of esters is 1. The fourth-order valence-electron chi connectivity index (χ4n) is 5.43. The van der Waals surface area contributed by atoms with Crippen molar-refractivity contribution in [3.63, 3.8) is 0 Å². The van der Waals surface area contributed by atoms with Crippen LogP contribution in [0, 0.1) is 0 Å². The van der Waals surface area contributed by atoms with Gasteiger partial charge in [0.1, 0.15) is 12.4 Å². The lowest BCUT2D eigenvalue weighted by molar-refractivity contribution is -0.150. The van der Waals surface area contributed by atoms with Gasteiger partial charge in [-0.05, 0) is 19.3 Å². The highest BCUT2D eigenvalue weighted by atomic mass is 16.5. The van der Waals surface area contributed by atoms with Crippen LogP contribution in [0.2, 0.25) is 0 Å². The van der Waals surface area contributed by atoms with Crippen LogP contribution in [0.15, 0.2) is 0 Å². The average Bonchev–Trinajstić information content (AvgIpc) is 2.91. The fraction of sp³-hybridized carbons (Fsp3) is 0.943. The number of rotatable bonds is 32. The Kier molecular flexibility index (Phi) is 31.6. The molecule has 0 bridgehead atoms. The molecule has 0 aromatic carbocycles. The first-order valence-electron chi connectivity index (χ1n) is 17.4. The number of ether oxygens (including phenoxy) is 1. The molecular weight excluding hydrogens is 468 g/mol. The Bertz CT molecular complexity index is 476. The molecule has 0 aliphatic carbocycles. The Hall–Kier alpha value is -0.860. The predicted molar refractivity (Wildman–Crippen MR) is 166 cm³/mol. The zero-order chi connectivity index (χ0) is 27.8.